The van der Waals surface area contributed by atoms with Crippen molar-refractivity contribution in [3.05, 3.63) is 35.4 Å². The summed E-state index contributed by atoms with van der Waals surface area (Å²) in [7, 11) is 1.41. The molecule has 0 radical (unpaired) electrons. The van der Waals surface area contributed by atoms with Gasteiger partial charge in [-0.15, -0.1) is 0 Å². The number of carbonyl (C=O) groups is 1. The average molecular weight is 219 g/mol. The molecule has 0 bridgehead atoms. The van der Waals surface area contributed by atoms with Crippen molar-refractivity contribution in [2.24, 2.45) is 0 Å². The van der Waals surface area contributed by atoms with Crippen LogP contribution in [0.4, 0.5) is 0 Å². The van der Waals surface area contributed by atoms with Gasteiger partial charge in [0.05, 0.1) is 12.7 Å². The van der Waals surface area contributed by atoms with E-state index in [1.54, 1.807) is 6.07 Å². The Morgan fingerprint density at radius 1 is 1.44 bits per heavy atom. The molecule has 0 heterocycles. The molecule has 3 heteroatoms. The van der Waals surface area contributed by atoms with Crippen molar-refractivity contribution in [3.63, 3.8) is 0 Å². The molecule has 0 aliphatic heterocycles. The van der Waals surface area contributed by atoms with Crippen LogP contribution in [-0.2, 0) is 11.3 Å². The van der Waals surface area contributed by atoms with Crippen LogP contribution in [0.1, 0.15) is 35.7 Å². The van der Waals surface area contributed by atoms with Crippen LogP contribution >= 0.6 is 0 Å². The normalized spacial score (nSPS) is 16.9. The molecule has 3 nitrogen and oxygen atoms in total. The summed E-state index contributed by atoms with van der Waals surface area (Å²) in [6, 6.07) is 7.57. The lowest BCUT2D eigenvalue weighted by molar-refractivity contribution is 0.0599. The Morgan fingerprint density at radius 3 is 2.75 bits per heavy atom. The second kappa shape index (κ2) is 4.26. The van der Waals surface area contributed by atoms with Crippen molar-refractivity contribution in [2.45, 2.75) is 31.8 Å². The first-order chi connectivity index (χ1) is 7.64. The van der Waals surface area contributed by atoms with E-state index in [0.717, 1.165) is 12.1 Å². The van der Waals surface area contributed by atoms with Gasteiger partial charge < -0.3 is 10.1 Å². The van der Waals surface area contributed by atoms with Crippen LogP contribution in [0.15, 0.2) is 24.3 Å². The summed E-state index contributed by atoms with van der Waals surface area (Å²) in [5.74, 6) is -0.265. The predicted octanol–water partition coefficient (Wildman–Crippen LogP) is 2.12. The average Bonchev–Trinajstić information content (AvgIpc) is 3.05. The summed E-state index contributed by atoms with van der Waals surface area (Å²) in [5.41, 5.74) is 1.94. The van der Waals surface area contributed by atoms with Gasteiger partial charge in [0.1, 0.15) is 0 Å². The Labute approximate surface area is 95.8 Å². The maximum atomic E-state index is 11.5. The second-order valence-electron chi connectivity index (χ2n) is 4.56. The lowest BCUT2D eigenvalue weighted by atomic mass is 10.1. The van der Waals surface area contributed by atoms with Crippen molar-refractivity contribution in [1.82, 2.24) is 5.32 Å². The maximum Gasteiger partial charge on any atom is 0.338 e. The number of hydrogen-bond donors (Lipinski definition) is 1. The minimum Gasteiger partial charge on any atom is -0.465 e. The zero-order valence-electron chi connectivity index (χ0n) is 9.75. The van der Waals surface area contributed by atoms with Gasteiger partial charge in [-0.25, -0.2) is 4.79 Å². The molecule has 0 unspecified atom stereocenters. The maximum absolute atomic E-state index is 11.5. The van der Waals surface area contributed by atoms with Gasteiger partial charge in [0.2, 0.25) is 0 Å². The number of methoxy groups -OCH3 is 1. The molecule has 0 saturated heterocycles. The summed E-state index contributed by atoms with van der Waals surface area (Å²) < 4.78 is 4.76. The van der Waals surface area contributed by atoms with E-state index in [-0.39, 0.29) is 11.5 Å². The topological polar surface area (TPSA) is 38.3 Å². The van der Waals surface area contributed by atoms with Crippen molar-refractivity contribution in [2.75, 3.05) is 7.11 Å². The molecule has 0 amide bonds. The quantitative estimate of drug-likeness (QED) is 0.788. The minimum atomic E-state index is -0.265. The standard InChI is InChI=1S/C13H17NO2/c1-13(7-8-13)14-9-10-5-3-4-6-11(10)12(15)16-2/h3-6,14H,7-9H2,1-2H3. The molecule has 2 rings (SSSR count). The monoisotopic (exact) mass is 219 g/mol. The van der Waals surface area contributed by atoms with E-state index in [4.69, 9.17) is 4.74 Å². The number of rotatable bonds is 4. The van der Waals surface area contributed by atoms with Gasteiger partial charge in [0.25, 0.3) is 0 Å². The van der Waals surface area contributed by atoms with E-state index in [1.165, 1.54) is 20.0 Å². The van der Waals surface area contributed by atoms with Crippen molar-refractivity contribution < 1.29 is 9.53 Å². The third-order valence-electron chi connectivity index (χ3n) is 3.13. The number of hydrogen-bond acceptors (Lipinski definition) is 3. The predicted molar refractivity (Wildman–Crippen MR) is 62.3 cm³/mol. The fourth-order valence-electron chi connectivity index (χ4n) is 1.66. The van der Waals surface area contributed by atoms with Crippen LogP contribution in [0.25, 0.3) is 0 Å². The highest BCUT2D eigenvalue weighted by Crippen LogP contribution is 2.34. The van der Waals surface area contributed by atoms with E-state index < -0.39 is 0 Å². The SMILES string of the molecule is COC(=O)c1ccccc1CNC1(C)CC1. The largest absolute Gasteiger partial charge is 0.465 e. The number of esters is 1. The Kier molecular flexibility index (Phi) is 2.97. The number of ether oxygens (including phenoxy) is 1. The summed E-state index contributed by atoms with van der Waals surface area (Å²) in [6.07, 6.45) is 2.43. The Bertz CT molecular complexity index is 397. The lowest BCUT2D eigenvalue weighted by Crippen LogP contribution is -2.27. The highest BCUT2D eigenvalue weighted by Gasteiger charge is 2.36. The summed E-state index contributed by atoms with van der Waals surface area (Å²) in [6.45, 7) is 2.93. The van der Waals surface area contributed by atoms with Gasteiger partial charge in [0, 0.05) is 12.1 Å². The molecule has 16 heavy (non-hydrogen) atoms. The van der Waals surface area contributed by atoms with Crippen LogP contribution in [0, 0.1) is 0 Å². The fraction of sp³-hybridized carbons (Fsp3) is 0.462. The smallest absolute Gasteiger partial charge is 0.338 e. The van der Waals surface area contributed by atoms with Gasteiger partial charge in [-0.1, -0.05) is 18.2 Å². The molecule has 86 valence electrons. The summed E-state index contributed by atoms with van der Waals surface area (Å²) in [4.78, 5) is 11.5. The molecule has 1 aliphatic carbocycles. The van der Waals surface area contributed by atoms with Gasteiger partial charge in [0.15, 0.2) is 0 Å². The zero-order chi connectivity index (χ0) is 11.6. The summed E-state index contributed by atoms with van der Waals surface area (Å²) >= 11 is 0. The number of benzene rings is 1. The molecular formula is C13H17NO2. The molecular weight excluding hydrogens is 202 g/mol. The van der Waals surface area contributed by atoms with Crippen LogP contribution in [0.5, 0.6) is 0 Å². The molecule has 1 fully saturated rings. The molecule has 1 aromatic carbocycles. The number of carbonyl (C=O) groups excluding carboxylic acids is 1. The van der Waals surface area contributed by atoms with E-state index in [2.05, 4.69) is 12.2 Å². The van der Waals surface area contributed by atoms with E-state index in [9.17, 15) is 4.79 Å². The molecule has 0 aromatic heterocycles. The third-order valence-corrected chi connectivity index (χ3v) is 3.13. The third kappa shape index (κ3) is 2.42. The van der Waals surface area contributed by atoms with Crippen LogP contribution in [-0.4, -0.2) is 18.6 Å². The van der Waals surface area contributed by atoms with Gasteiger partial charge in [-0.05, 0) is 31.4 Å². The summed E-state index contributed by atoms with van der Waals surface area (Å²) in [5, 5.41) is 3.46. The molecule has 1 aromatic rings. The van der Waals surface area contributed by atoms with E-state index in [0.29, 0.717) is 5.56 Å². The van der Waals surface area contributed by atoms with Crippen LogP contribution in [0.2, 0.25) is 0 Å². The molecule has 1 saturated carbocycles. The van der Waals surface area contributed by atoms with Gasteiger partial charge in [-0.3, -0.25) is 0 Å². The second-order valence-corrected chi connectivity index (χ2v) is 4.56. The van der Waals surface area contributed by atoms with E-state index in [1.807, 2.05) is 18.2 Å². The first-order valence-corrected chi connectivity index (χ1v) is 5.56. The Balaban J connectivity index is 2.09. The van der Waals surface area contributed by atoms with Gasteiger partial charge in [-0.2, -0.15) is 0 Å². The first kappa shape index (κ1) is 11.1. The highest BCUT2D eigenvalue weighted by molar-refractivity contribution is 5.90. The first-order valence-electron chi connectivity index (χ1n) is 5.56. The molecule has 1 aliphatic rings. The van der Waals surface area contributed by atoms with Crippen molar-refractivity contribution in [1.29, 1.82) is 0 Å². The van der Waals surface area contributed by atoms with Crippen LogP contribution < -0.4 is 5.32 Å². The lowest BCUT2D eigenvalue weighted by Gasteiger charge is -2.13. The Morgan fingerprint density at radius 2 is 2.12 bits per heavy atom. The number of nitrogens with one attached hydrogen (secondary N) is 1. The minimum absolute atomic E-state index is 0.265. The molecule has 0 atom stereocenters. The molecule has 0 spiro atoms. The fourth-order valence-corrected chi connectivity index (χ4v) is 1.66. The van der Waals surface area contributed by atoms with Crippen LogP contribution in [0.3, 0.4) is 0 Å². The van der Waals surface area contributed by atoms with Gasteiger partial charge >= 0.3 is 5.97 Å². The zero-order valence-corrected chi connectivity index (χ0v) is 9.75. The van der Waals surface area contributed by atoms with Crippen molar-refractivity contribution in [3.8, 4) is 0 Å². The Hall–Kier alpha value is -1.35. The van der Waals surface area contributed by atoms with Crippen molar-refractivity contribution >= 4 is 5.97 Å². The highest BCUT2D eigenvalue weighted by atomic mass is 16.5. The van der Waals surface area contributed by atoms with E-state index >= 15 is 0 Å². The molecule has 1 N–H and O–H groups in total.